The van der Waals surface area contributed by atoms with E-state index in [1.54, 1.807) is 0 Å². The monoisotopic (exact) mass is 439 g/mol. The molecule has 0 spiro atoms. The van der Waals surface area contributed by atoms with Crippen LogP contribution < -0.4 is 0 Å². The van der Waals surface area contributed by atoms with Crippen LogP contribution in [0.1, 0.15) is 24.5 Å². The van der Waals surface area contributed by atoms with E-state index in [1.807, 2.05) is 24.3 Å². The second-order valence-electron chi connectivity index (χ2n) is 3.99. The first-order valence-electron chi connectivity index (χ1n) is 5.59. The van der Waals surface area contributed by atoms with Crippen molar-refractivity contribution in [2.75, 3.05) is 0 Å². The van der Waals surface area contributed by atoms with Crippen molar-refractivity contribution in [2.45, 2.75) is 18.9 Å². The van der Waals surface area contributed by atoms with Crippen molar-refractivity contribution >= 4 is 10.8 Å². The van der Waals surface area contributed by atoms with Crippen molar-refractivity contribution in [1.29, 1.82) is 0 Å². The van der Waals surface area contributed by atoms with E-state index in [1.165, 1.54) is 10.8 Å². The van der Waals surface area contributed by atoms with Crippen molar-refractivity contribution < 1.29 is 49.2 Å². The number of hydrogen-bond donors (Lipinski definition) is 1. The smallest absolute Gasteiger partial charge is 0.0793 e. The first-order valence-corrected chi connectivity index (χ1v) is 5.59. The third-order valence-corrected chi connectivity index (χ3v) is 2.80. The van der Waals surface area contributed by atoms with Gasteiger partial charge in [-0.25, -0.2) is 0 Å². The molecule has 1 N–H and O–H groups in total. The Morgan fingerprint density at radius 3 is 2.53 bits per heavy atom. The Kier molecular flexibility index (Phi) is 6.41. The van der Waals surface area contributed by atoms with Gasteiger partial charge in [0, 0.05) is 44.1 Å². The summed E-state index contributed by atoms with van der Waals surface area (Å²) < 4.78 is 0. The molecule has 2 aromatic rings. The van der Waals surface area contributed by atoms with Crippen LogP contribution in [0.25, 0.3) is 10.8 Å². The van der Waals surface area contributed by atoms with Gasteiger partial charge in [0.2, 0.25) is 0 Å². The van der Waals surface area contributed by atoms with E-state index in [-0.39, 0.29) is 50.2 Å². The minimum Gasteiger partial charge on any atom is -0.388 e. The van der Waals surface area contributed by atoms with Crippen molar-refractivity contribution in [3.05, 3.63) is 60.7 Å². The summed E-state index contributed by atoms with van der Waals surface area (Å²) in [6, 6.07) is 14.3. The molecule has 0 saturated heterocycles. The summed E-state index contributed by atoms with van der Waals surface area (Å²) in [6.45, 7) is 3.67. The predicted molar refractivity (Wildman–Crippen MR) is 68.3 cm³/mol. The zero-order chi connectivity index (χ0) is 11.4. The molecule has 0 aliphatic rings. The molecule has 0 bridgehead atoms. The van der Waals surface area contributed by atoms with Gasteiger partial charge in [-0.1, -0.05) is 42.5 Å². The van der Waals surface area contributed by atoms with Gasteiger partial charge in [0.15, 0.2) is 0 Å². The van der Waals surface area contributed by atoms with E-state index >= 15 is 0 Å². The molecule has 17 heavy (non-hydrogen) atoms. The summed E-state index contributed by atoms with van der Waals surface area (Å²) in [5.41, 5.74) is 0.987. The number of aliphatic hydroxyl groups excluding tert-OH is 1. The molecule has 0 amide bonds. The first-order chi connectivity index (χ1) is 7.81. The molecule has 85 valence electrons. The summed E-state index contributed by atoms with van der Waals surface area (Å²) >= 11 is 0. The average Bonchev–Trinajstić information content (AvgIpc) is 2.35. The molecular weight excluding hydrogens is 423 g/mol. The van der Waals surface area contributed by atoms with Crippen LogP contribution in [0.4, 0.5) is 0 Å². The van der Waals surface area contributed by atoms with Crippen molar-refractivity contribution in [1.82, 2.24) is 0 Å². The summed E-state index contributed by atoms with van der Waals surface area (Å²) in [6.07, 6.45) is 3.03. The topological polar surface area (TPSA) is 20.2 Å². The molecule has 0 saturated carbocycles. The molecular formula is C15H16AcO. The number of benzene rings is 2. The molecule has 0 aliphatic carbocycles. The zero-order valence-electron chi connectivity index (χ0n) is 9.84. The van der Waals surface area contributed by atoms with Crippen molar-refractivity contribution in [3.63, 3.8) is 0 Å². The van der Waals surface area contributed by atoms with Crippen LogP contribution in [-0.2, 0) is 0 Å². The molecule has 1 radical (unpaired) electrons. The van der Waals surface area contributed by atoms with Crippen LogP contribution in [0.5, 0.6) is 0 Å². The van der Waals surface area contributed by atoms with Gasteiger partial charge >= 0.3 is 0 Å². The molecule has 2 aromatic carbocycles. The molecule has 0 heterocycles. The first kappa shape index (κ1) is 14.9. The fourth-order valence-corrected chi connectivity index (χ4v) is 1.86. The van der Waals surface area contributed by atoms with Gasteiger partial charge in [0.1, 0.15) is 0 Å². The Bertz CT molecular complexity index is 493. The SMILES string of the molecule is C=CCCC(O)c1ccc2ccccc2c1.[Ac]. The maximum atomic E-state index is 9.96. The Labute approximate surface area is 138 Å². The normalized spacial score (nSPS) is 11.8. The minimum absolute atomic E-state index is 0. The van der Waals surface area contributed by atoms with Crippen LogP contribution in [0, 0.1) is 44.1 Å². The number of allylic oxidation sites excluding steroid dienone is 1. The fraction of sp³-hybridized carbons (Fsp3) is 0.200. The molecule has 0 fully saturated rings. The van der Waals surface area contributed by atoms with Crippen LogP contribution in [0.15, 0.2) is 55.1 Å². The van der Waals surface area contributed by atoms with Gasteiger partial charge in [-0.3, -0.25) is 0 Å². The van der Waals surface area contributed by atoms with Crippen LogP contribution in [-0.4, -0.2) is 5.11 Å². The largest absolute Gasteiger partial charge is 0.388 e. The van der Waals surface area contributed by atoms with Gasteiger partial charge in [-0.15, -0.1) is 6.58 Å². The predicted octanol–water partition coefficient (Wildman–Crippen LogP) is 3.84. The fourth-order valence-electron chi connectivity index (χ4n) is 1.86. The summed E-state index contributed by atoms with van der Waals surface area (Å²) in [7, 11) is 0. The van der Waals surface area contributed by atoms with E-state index in [0.717, 1.165) is 18.4 Å². The maximum Gasteiger partial charge on any atom is 0.0793 e. The van der Waals surface area contributed by atoms with Gasteiger partial charge in [0.25, 0.3) is 0 Å². The van der Waals surface area contributed by atoms with E-state index in [4.69, 9.17) is 0 Å². The average molecular weight is 439 g/mol. The van der Waals surface area contributed by atoms with Crippen molar-refractivity contribution in [3.8, 4) is 0 Å². The van der Waals surface area contributed by atoms with Gasteiger partial charge in [-0.2, -0.15) is 0 Å². The van der Waals surface area contributed by atoms with Crippen molar-refractivity contribution in [2.24, 2.45) is 0 Å². The standard InChI is InChI=1S/C15H16O.Ac/c1-2-3-8-15(16)14-10-9-12-6-4-5-7-13(12)11-14;/h2,4-7,9-11,15-16H,1,3,8H2;. The second-order valence-corrected chi connectivity index (χ2v) is 3.99. The zero-order valence-corrected chi connectivity index (χ0v) is 14.6. The quantitative estimate of drug-likeness (QED) is 0.719. The number of hydrogen-bond acceptors (Lipinski definition) is 1. The second kappa shape index (κ2) is 7.31. The Morgan fingerprint density at radius 1 is 1.12 bits per heavy atom. The van der Waals surface area contributed by atoms with Crippen LogP contribution in [0.3, 0.4) is 0 Å². The van der Waals surface area contributed by atoms with E-state index in [9.17, 15) is 5.11 Å². The minimum atomic E-state index is -0.386. The number of fused-ring (bicyclic) bond motifs is 1. The molecule has 0 aliphatic heterocycles. The van der Waals surface area contributed by atoms with Gasteiger partial charge in [0.05, 0.1) is 6.10 Å². The van der Waals surface area contributed by atoms with E-state index < -0.39 is 0 Å². The summed E-state index contributed by atoms with van der Waals surface area (Å²) in [4.78, 5) is 0. The Morgan fingerprint density at radius 2 is 1.82 bits per heavy atom. The molecule has 1 nitrogen and oxygen atoms in total. The number of aliphatic hydroxyl groups is 1. The van der Waals surface area contributed by atoms with Crippen LogP contribution >= 0.6 is 0 Å². The van der Waals surface area contributed by atoms with E-state index in [0.29, 0.717) is 0 Å². The number of rotatable bonds is 4. The molecule has 2 heteroatoms. The third kappa shape index (κ3) is 3.92. The third-order valence-electron chi connectivity index (χ3n) is 2.80. The van der Waals surface area contributed by atoms with Gasteiger partial charge < -0.3 is 5.11 Å². The summed E-state index contributed by atoms with van der Waals surface area (Å²) in [5, 5.41) is 12.4. The Hall–Kier alpha value is -0.158. The molecule has 1 unspecified atom stereocenters. The molecule has 0 aromatic heterocycles. The van der Waals surface area contributed by atoms with Crippen LogP contribution in [0.2, 0.25) is 0 Å². The molecule has 2 rings (SSSR count). The maximum absolute atomic E-state index is 9.96. The van der Waals surface area contributed by atoms with Gasteiger partial charge in [-0.05, 0) is 35.2 Å². The van der Waals surface area contributed by atoms with E-state index in [2.05, 4.69) is 30.8 Å². The molecule has 1 atom stereocenters. The summed E-state index contributed by atoms with van der Waals surface area (Å²) in [5.74, 6) is 0. The Balaban J connectivity index is 0.00000144.